The van der Waals surface area contributed by atoms with Crippen molar-refractivity contribution in [1.29, 1.82) is 0 Å². The SMILES string of the molecule is CCc1cc(Nc2ncc(C(F)(F)F)c(N[C@@H]3Cc4ccccc4[C@H]3N(C)S(C)(=O)=O)n2)c(OC)cc1N1CCN(C)CC1. The first-order valence-corrected chi connectivity index (χ1v) is 16.3. The summed E-state index contributed by atoms with van der Waals surface area (Å²) >= 11 is 0. The Balaban J connectivity index is 1.49. The van der Waals surface area contributed by atoms with Crippen molar-refractivity contribution >= 4 is 33.2 Å². The Morgan fingerprint density at radius 3 is 2.48 bits per heavy atom. The standard InChI is InChI=1S/C30H38F3N7O3S/c1-6-19-15-23(26(43-4)17-25(19)40-13-11-38(2)12-14-40)36-29-34-18-22(30(31,32)33)28(37-29)35-24-16-20-9-7-8-10-21(20)27(24)39(3)44(5,41)42/h7-10,15,17-18,24,27H,6,11-14,16H2,1-5H3,(H2,34,35,36,37)/t24-,27-/m1/s1. The van der Waals surface area contributed by atoms with Crippen molar-refractivity contribution in [3.05, 3.63) is 64.8 Å². The van der Waals surface area contributed by atoms with E-state index in [0.29, 0.717) is 17.9 Å². The molecule has 2 aliphatic rings. The monoisotopic (exact) mass is 633 g/mol. The fourth-order valence-corrected chi connectivity index (χ4v) is 6.59. The zero-order valence-electron chi connectivity index (χ0n) is 25.4. The first-order valence-electron chi connectivity index (χ1n) is 14.4. The van der Waals surface area contributed by atoms with Gasteiger partial charge in [-0.05, 0) is 42.6 Å². The van der Waals surface area contributed by atoms with Crippen LogP contribution in [0.4, 0.5) is 36.3 Å². The topological polar surface area (TPSA) is 103 Å². The number of alkyl halides is 3. The lowest BCUT2D eigenvalue weighted by Gasteiger charge is -2.35. The summed E-state index contributed by atoms with van der Waals surface area (Å²) in [7, 11) is 1.39. The summed E-state index contributed by atoms with van der Waals surface area (Å²) in [6.07, 6.45) is -1.89. The Morgan fingerprint density at radius 2 is 1.84 bits per heavy atom. The number of aryl methyl sites for hydroxylation is 1. The lowest BCUT2D eigenvalue weighted by Crippen LogP contribution is -2.44. The highest BCUT2D eigenvalue weighted by molar-refractivity contribution is 7.88. The number of nitrogens with one attached hydrogen (secondary N) is 2. The van der Waals surface area contributed by atoms with Gasteiger partial charge in [0, 0.05) is 51.2 Å². The van der Waals surface area contributed by atoms with E-state index >= 15 is 0 Å². The maximum Gasteiger partial charge on any atom is 0.421 e. The van der Waals surface area contributed by atoms with E-state index in [9.17, 15) is 21.6 Å². The number of halogens is 3. The Kier molecular flexibility index (Phi) is 8.96. The lowest BCUT2D eigenvalue weighted by atomic mass is 10.1. The van der Waals surface area contributed by atoms with Crippen molar-refractivity contribution in [3.8, 4) is 5.75 Å². The molecule has 1 fully saturated rings. The number of benzene rings is 2. The van der Waals surface area contributed by atoms with Crippen molar-refractivity contribution in [2.75, 3.05) is 69.2 Å². The molecule has 10 nitrogen and oxygen atoms in total. The van der Waals surface area contributed by atoms with Gasteiger partial charge in [-0.15, -0.1) is 0 Å². The average Bonchev–Trinajstić information content (AvgIpc) is 3.33. The summed E-state index contributed by atoms with van der Waals surface area (Å²) in [5, 5.41) is 6.01. The van der Waals surface area contributed by atoms with Crippen LogP contribution in [0.25, 0.3) is 0 Å². The largest absolute Gasteiger partial charge is 0.494 e. The van der Waals surface area contributed by atoms with Crippen LogP contribution in [0.5, 0.6) is 5.75 Å². The van der Waals surface area contributed by atoms with E-state index in [1.165, 1.54) is 18.5 Å². The molecule has 238 valence electrons. The van der Waals surface area contributed by atoms with Gasteiger partial charge in [-0.25, -0.2) is 13.4 Å². The maximum atomic E-state index is 14.2. The smallest absolute Gasteiger partial charge is 0.421 e. The minimum absolute atomic E-state index is 0.0586. The van der Waals surface area contributed by atoms with Gasteiger partial charge < -0.3 is 25.2 Å². The number of hydrogen-bond donors (Lipinski definition) is 2. The number of piperazine rings is 1. The van der Waals surface area contributed by atoms with Crippen LogP contribution in [0.2, 0.25) is 0 Å². The molecule has 5 rings (SSSR count). The van der Waals surface area contributed by atoms with Gasteiger partial charge in [0.2, 0.25) is 16.0 Å². The van der Waals surface area contributed by atoms with Crippen LogP contribution in [-0.2, 0) is 29.0 Å². The third-order valence-corrected chi connectivity index (χ3v) is 9.67. The van der Waals surface area contributed by atoms with Gasteiger partial charge in [0.1, 0.15) is 17.1 Å². The van der Waals surface area contributed by atoms with Gasteiger partial charge in [-0.2, -0.15) is 22.5 Å². The number of sulfonamides is 1. The van der Waals surface area contributed by atoms with Crippen LogP contribution < -0.4 is 20.3 Å². The second kappa shape index (κ2) is 12.4. The summed E-state index contributed by atoms with van der Waals surface area (Å²) in [6, 6.07) is 9.67. The molecule has 3 aromatic rings. The molecule has 2 aromatic carbocycles. The van der Waals surface area contributed by atoms with E-state index in [2.05, 4.69) is 37.4 Å². The second-order valence-electron chi connectivity index (χ2n) is 11.3. The molecule has 0 radical (unpaired) electrons. The van der Waals surface area contributed by atoms with Gasteiger partial charge in [0.25, 0.3) is 0 Å². The summed E-state index contributed by atoms with van der Waals surface area (Å²) < 4.78 is 74.5. The van der Waals surface area contributed by atoms with E-state index < -0.39 is 39.7 Å². The molecule has 0 bridgehead atoms. The molecule has 0 spiro atoms. The zero-order chi connectivity index (χ0) is 31.8. The first-order chi connectivity index (χ1) is 20.8. The van der Waals surface area contributed by atoms with Gasteiger partial charge in [-0.3, -0.25) is 0 Å². The number of rotatable bonds is 9. The molecule has 0 amide bonds. The molecule has 2 N–H and O–H groups in total. The van der Waals surface area contributed by atoms with Crippen LogP contribution in [-0.4, -0.2) is 87.3 Å². The average molecular weight is 634 g/mol. The Hall–Kier alpha value is -3.62. The van der Waals surface area contributed by atoms with Crippen molar-refractivity contribution < 1.29 is 26.3 Å². The number of nitrogens with zero attached hydrogens (tertiary/aromatic N) is 5. The van der Waals surface area contributed by atoms with Gasteiger partial charge in [0.05, 0.1) is 31.1 Å². The molecule has 1 aromatic heterocycles. The Labute approximate surface area is 256 Å². The number of anilines is 4. The van der Waals surface area contributed by atoms with E-state index in [-0.39, 0.29) is 5.95 Å². The van der Waals surface area contributed by atoms with Crippen LogP contribution >= 0.6 is 0 Å². The molecule has 14 heteroatoms. The summed E-state index contributed by atoms with van der Waals surface area (Å²) in [5.74, 6) is 0.00962. The molecule has 0 unspecified atom stereocenters. The van der Waals surface area contributed by atoms with Crippen molar-refractivity contribution in [2.45, 2.75) is 38.0 Å². The van der Waals surface area contributed by atoms with Crippen LogP contribution in [0.3, 0.4) is 0 Å². The minimum Gasteiger partial charge on any atom is -0.494 e. The molecule has 0 saturated carbocycles. The molecule has 1 aliphatic carbocycles. The number of hydrogen-bond acceptors (Lipinski definition) is 9. The van der Waals surface area contributed by atoms with E-state index in [1.807, 2.05) is 31.2 Å². The van der Waals surface area contributed by atoms with E-state index in [4.69, 9.17) is 4.74 Å². The molecule has 44 heavy (non-hydrogen) atoms. The van der Waals surface area contributed by atoms with Crippen molar-refractivity contribution in [1.82, 2.24) is 19.2 Å². The Bertz CT molecular complexity index is 1610. The van der Waals surface area contributed by atoms with Crippen LogP contribution in [0, 0.1) is 0 Å². The number of methoxy groups -OCH3 is 1. The number of fused-ring (bicyclic) bond motifs is 1. The second-order valence-corrected chi connectivity index (χ2v) is 13.3. The van der Waals surface area contributed by atoms with E-state index in [0.717, 1.165) is 67.4 Å². The first kappa shape index (κ1) is 31.8. The predicted octanol–water partition coefficient (Wildman–Crippen LogP) is 4.53. The van der Waals surface area contributed by atoms with Crippen LogP contribution in [0.1, 0.15) is 35.2 Å². The highest BCUT2D eigenvalue weighted by atomic mass is 32.2. The van der Waals surface area contributed by atoms with Crippen molar-refractivity contribution in [2.24, 2.45) is 0 Å². The quantitative estimate of drug-likeness (QED) is 0.352. The summed E-state index contributed by atoms with van der Waals surface area (Å²) in [6.45, 7) is 5.67. The van der Waals surface area contributed by atoms with E-state index in [1.54, 1.807) is 12.1 Å². The normalized spacial score (nSPS) is 19.2. The highest BCUT2D eigenvalue weighted by Gasteiger charge is 2.41. The molecular weight excluding hydrogens is 595 g/mol. The predicted molar refractivity (Wildman–Crippen MR) is 165 cm³/mol. The van der Waals surface area contributed by atoms with Gasteiger partial charge in [-0.1, -0.05) is 31.2 Å². The molecule has 2 heterocycles. The summed E-state index contributed by atoms with van der Waals surface area (Å²) in [4.78, 5) is 12.9. The lowest BCUT2D eigenvalue weighted by molar-refractivity contribution is -0.137. The number of aromatic nitrogens is 2. The van der Waals surface area contributed by atoms with Gasteiger partial charge in [0.15, 0.2) is 0 Å². The minimum atomic E-state index is -4.75. The molecule has 2 atom stereocenters. The maximum absolute atomic E-state index is 14.2. The van der Waals surface area contributed by atoms with Gasteiger partial charge >= 0.3 is 6.18 Å². The molecule has 1 aliphatic heterocycles. The fourth-order valence-electron chi connectivity index (χ4n) is 5.92. The number of likely N-dealkylation sites (N-methyl/N-ethyl adjacent to an activating group) is 2. The molecular formula is C30H38F3N7O3S. The summed E-state index contributed by atoms with van der Waals surface area (Å²) in [5.41, 5.74) is 3.17. The highest BCUT2D eigenvalue weighted by Crippen LogP contribution is 2.41. The Morgan fingerprint density at radius 1 is 1.14 bits per heavy atom. The van der Waals surface area contributed by atoms with Crippen molar-refractivity contribution in [3.63, 3.8) is 0 Å². The number of ether oxygens (including phenoxy) is 1. The van der Waals surface area contributed by atoms with Crippen LogP contribution in [0.15, 0.2) is 42.6 Å². The third kappa shape index (κ3) is 6.57. The zero-order valence-corrected chi connectivity index (χ0v) is 26.3. The molecule has 1 saturated heterocycles. The third-order valence-electron chi connectivity index (χ3n) is 8.40. The fraction of sp³-hybridized carbons (Fsp3) is 0.467.